The Kier molecular flexibility index (Phi) is 4.16. The van der Waals surface area contributed by atoms with Gasteiger partial charge in [0.2, 0.25) is 0 Å². The third-order valence-electron chi connectivity index (χ3n) is 4.69. The first-order valence-electron chi connectivity index (χ1n) is 7.86. The van der Waals surface area contributed by atoms with Crippen LogP contribution in [0.5, 0.6) is 11.5 Å². The SMILES string of the molecule is CC1CCCC(C)C1NCc1ccc2c(c1)OCCO2. The summed E-state index contributed by atoms with van der Waals surface area (Å²) >= 11 is 0. The molecule has 0 bridgehead atoms. The van der Waals surface area contributed by atoms with Gasteiger partial charge in [-0.1, -0.05) is 26.3 Å². The minimum absolute atomic E-state index is 0.636. The molecule has 3 nitrogen and oxygen atoms in total. The number of benzene rings is 1. The molecule has 2 aliphatic rings. The molecule has 20 heavy (non-hydrogen) atoms. The molecule has 0 aromatic heterocycles. The van der Waals surface area contributed by atoms with Crippen molar-refractivity contribution in [1.29, 1.82) is 0 Å². The summed E-state index contributed by atoms with van der Waals surface area (Å²) in [6.07, 6.45) is 4.08. The zero-order valence-corrected chi connectivity index (χ0v) is 12.5. The molecule has 110 valence electrons. The van der Waals surface area contributed by atoms with Gasteiger partial charge in [0.25, 0.3) is 0 Å². The molecule has 2 atom stereocenters. The molecule has 1 aliphatic heterocycles. The lowest BCUT2D eigenvalue weighted by Gasteiger charge is -2.35. The maximum Gasteiger partial charge on any atom is 0.161 e. The van der Waals surface area contributed by atoms with Crippen LogP contribution in [-0.4, -0.2) is 19.3 Å². The quantitative estimate of drug-likeness (QED) is 0.917. The predicted octanol–water partition coefficient (Wildman–Crippen LogP) is 3.37. The summed E-state index contributed by atoms with van der Waals surface area (Å²) in [6.45, 7) is 6.96. The minimum Gasteiger partial charge on any atom is -0.486 e. The average molecular weight is 275 g/mol. The summed E-state index contributed by atoms with van der Waals surface area (Å²) in [5.74, 6) is 3.31. The second kappa shape index (κ2) is 6.04. The Morgan fingerprint density at radius 2 is 1.75 bits per heavy atom. The lowest BCUT2D eigenvalue weighted by molar-refractivity contribution is 0.171. The van der Waals surface area contributed by atoms with Crippen molar-refractivity contribution in [3.05, 3.63) is 23.8 Å². The van der Waals surface area contributed by atoms with Crippen LogP contribution < -0.4 is 14.8 Å². The highest BCUT2D eigenvalue weighted by molar-refractivity contribution is 5.43. The van der Waals surface area contributed by atoms with Crippen LogP contribution >= 0.6 is 0 Å². The predicted molar refractivity (Wildman–Crippen MR) is 80.2 cm³/mol. The van der Waals surface area contributed by atoms with Crippen LogP contribution in [0.15, 0.2) is 18.2 Å². The van der Waals surface area contributed by atoms with Crippen molar-refractivity contribution in [1.82, 2.24) is 5.32 Å². The highest BCUT2D eigenvalue weighted by Gasteiger charge is 2.27. The largest absolute Gasteiger partial charge is 0.486 e. The molecular weight excluding hydrogens is 250 g/mol. The number of ether oxygens (including phenoxy) is 2. The zero-order chi connectivity index (χ0) is 13.9. The van der Waals surface area contributed by atoms with Crippen LogP contribution in [0.3, 0.4) is 0 Å². The zero-order valence-electron chi connectivity index (χ0n) is 12.5. The van der Waals surface area contributed by atoms with Gasteiger partial charge in [-0.05, 0) is 42.4 Å². The van der Waals surface area contributed by atoms with Crippen molar-refractivity contribution in [2.24, 2.45) is 11.8 Å². The van der Waals surface area contributed by atoms with Crippen LogP contribution in [0, 0.1) is 11.8 Å². The van der Waals surface area contributed by atoms with Crippen molar-refractivity contribution in [2.45, 2.75) is 45.7 Å². The molecule has 1 fully saturated rings. The topological polar surface area (TPSA) is 30.5 Å². The van der Waals surface area contributed by atoms with E-state index in [9.17, 15) is 0 Å². The standard InChI is InChI=1S/C17H25NO2/c1-12-4-3-5-13(2)17(12)18-11-14-6-7-15-16(10-14)20-9-8-19-15/h6-7,10,12-13,17-18H,3-5,8-9,11H2,1-2H3. The second-order valence-electron chi connectivity index (χ2n) is 6.27. The molecule has 1 heterocycles. The Morgan fingerprint density at radius 3 is 2.50 bits per heavy atom. The van der Waals surface area contributed by atoms with Crippen molar-refractivity contribution >= 4 is 0 Å². The molecule has 1 aromatic rings. The maximum atomic E-state index is 5.65. The molecule has 1 N–H and O–H groups in total. The van der Waals surface area contributed by atoms with E-state index in [4.69, 9.17) is 9.47 Å². The number of rotatable bonds is 3. The fourth-order valence-corrected chi connectivity index (χ4v) is 3.52. The van der Waals surface area contributed by atoms with Gasteiger partial charge in [-0.3, -0.25) is 0 Å². The van der Waals surface area contributed by atoms with Gasteiger partial charge in [0, 0.05) is 12.6 Å². The van der Waals surface area contributed by atoms with E-state index in [1.807, 2.05) is 6.07 Å². The lowest BCUT2D eigenvalue weighted by atomic mass is 9.78. The number of hydrogen-bond donors (Lipinski definition) is 1. The van der Waals surface area contributed by atoms with Gasteiger partial charge < -0.3 is 14.8 Å². The highest BCUT2D eigenvalue weighted by Crippen LogP contribution is 2.32. The summed E-state index contributed by atoms with van der Waals surface area (Å²) < 4.78 is 11.2. The van der Waals surface area contributed by atoms with Gasteiger partial charge in [-0.2, -0.15) is 0 Å². The fraction of sp³-hybridized carbons (Fsp3) is 0.647. The van der Waals surface area contributed by atoms with E-state index in [0.717, 1.165) is 29.9 Å². The van der Waals surface area contributed by atoms with E-state index in [2.05, 4.69) is 31.3 Å². The lowest BCUT2D eigenvalue weighted by Crippen LogP contribution is -2.42. The van der Waals surface area contributed by atoms with Gasteiger partial charge in [0.05, 0.1) is 0 Å². The first-order valence-corrected chi connectivity index (χ1v) is 7.86. The molecule has 2 unspecified atom stereocenters. The van der Waals surface area contributed by atoms with Crippen LogP contribution in [0.2, 0.25) is 0 Å². The normalized spacial score (nSPS) is 29.2. The molecular formula is C17H25NO2. The van der Waals surface area contributed by atoms with E-state index in [0.29, 0.717) is 19.3 Å². The van der Waals surface area contributed by atoms with Crippen molar-refractivity contribution in [2.75, 3.05) is 13.2 Å². The van der Waals surface area contributed by atoms with E-state index in [-0.39, 0.29) is 0 Å². The maximum absolute atomic E-state index is 5.65. The highest BCUT2D eigenvalue weighted by atomic mass is 16.6. The van der Waals surface area contributed by atoms with Crippen LogP contribution in [0.4, 0.5) is 0 Å². The van der Waals surface area contributed by atoms with Gasteiger partial charge in [-0.15, -0.1) is 0 Å². The molecule has 0 spiro atoms. The molecule has 0 radical (unpaired) electrons. The Morgan fingerprint density at radius 1 is 1.05 bits per heavy atom. The van der Waals surface area contributed by atoms with Crippen LogP contribution in [-0.2, 0) is 6.54 Å². The van der Waals surface area contributed by atoms with Gasteiger partial charge in [-0.25, -0.2) is 0 Å². The summed E-state index contributed by atoms with van der Waals surface area (Å²) in [5.41, 5.74) is 1.28. The third-order valence-corrected chi connectivity index (χ3v) is 4.69. The Balaban J connectivity index is 1.63. The molecule has 3 rings (SSSR count). The van der Waals surface area contributed by atoms with Gasteiger partial charge in [0.1, 0.15) is 13.2 Å². The average Bonchev–Trinajstić information content (AvgIpc) is 2.46. The molecule has 1 aliphatic carbocycles. The summed E-state index contributed by atoms with van der Waals surface area (Å²) in [6, 6.07) is 6.91. The molecule has 0 saturated heterocycles. The third kappa shape index (κ3) is 2.93. The second-order valence-corrected chi connectivity index (χ2v) is 6.27. The minimum atomic E-state index is 0.636. The Bertz CT molecular complexity index is 450. The van der Waals surface area contributed by atoms with Crippen LogP contribution in [0.25, 0.3) is 0 Å². The molecule has 1 aromatic carbocycles. The number of fused-ring (bicyclic) bond motifs is 1. The van der Waals surface area contributed by atoms with Crippen molar-refractivity contribution < 1.29 is 9.47 Å². The molecule has 1 saturated carbocycles. The number of hydrogen-bond acceptors (Lipinski definition) is 3. The summed E-state index contributed by atoms with van der Waals surface area (Å²) in [5, 5.41) is 3.75. The molecule has 3 heteroatoms. The van der Waals surface area contributed by atoms with E-state index in [1.165, 1.54) is 24.8 Å². The fourth-order valence-electron chi connectivity index (χ4n) is 3.52. The Labute approximate surface area is 121 Å². The first kappa shape index (κ1) is 13.7. The van der Waals surface area contributed by atoms with Crippen LogP contribution in [0.1, 0.15) is 38.7 Å². The summed E-state index contributed by atoms with van der Waals surface area (Å²) in [4.78, 5) is 0. The Hall–Kier alpha value is -1.22. The first-order chi connectivity index (χ1) is 9.74. The van der Waals surface area contributed by atoms with Gasteiger partial charge >= 0.3 is 0 Å². The van der Waals surface area contributed by atoms with Crippen molar-refractivity contribution in [3.8, 4) is 11.5 Å². The van der Waals surface area contributed by atoms with Crippen molar-refractivity contribution in [3.63, 3.8) is 0 Å². The number of nitrogens with one attached hydrogen (secondary N) is 1. The van der Waals surface area contributed by atoms with E-state index in [1.54, 1.807) is 0 Å². The van der Waals surface area contributed by atoms with Gasteiger partial charge in [0.15, 0.2) is 11.5 Å². The smallest absolute Gasteiger partial charge is 0.161 e. The summed E-state index contributed by atoms with van der Waals surface area (Å²) in [7, 11) is 0. The van der Waals surface area contributed by atoms with E-state index >= 15 is 0 Å². The monoisotopic (exact) mass is 275 g/mol. The molecule has 0 amide bonds. The van der Waals surface area contributed by atoms with E-state index < -0.39 is 0 Å².